The van der Waals surface area contributed by atoms with E-state index in [4.69, 9.17) is 0 Å². The van der Waals surface area contributed by atoms with Gasteiger partial charge in [0.15, 0.2) is 0 Å². The van der Waals surface area contributed by atoms with Gasteiger partial charge in [-0.3, -0.25) is 14.0 Å². The molecule has 0 radical (unpaired) electrons. The van der Waals surface area contributed by atoms with Gasteiger partial charge in [-0.1, -0.05) is 15.9 Å². The van der Waals surface area contributed by atoms with Gasteiger partial charge in [-0.25, -0.2) is 4.57 Å². The normalized spacial score (nSPS) is 11.0. The highest BCUT2D eigenvalue weighted by atomic mass is 79.9. The molecule has 0 N–H and O–H groups in total. The summed E-state index contributed by atoms with van der Waals surface area (Å²) < 4.78 is 17.0. The zero-order valence-corrected chi connectivity index (χ0v) is 12.5. The minimum absolute atomic E-state index is 0.0609. The Kier molecular flexibility index (Phi) is 3.21. The van der Waals surface area contributed by atoms with Crippen LogP contribution in [-0.4, -0.2) is 14.0 Å². The van der Waals surface area contributed by atoms with E-state index in [1.54, 1.807) is 18.2 Å². The van der Waals surface area contributed by atoms with E-state index < -0.39 is 17.1 Å². The molecule has 0 unspecified atom stereocenters. The van der Waals surface area contributed by atoms with Crippen LogP contribution in [-0.2, 0) is 0 Å². The average molecular weight is 350 g/mol. The maximum absolute atomic E-state index is 13.8. The summed E-state index contributed by atoms with van der Waals surface area (Å²) in [7, 11) is 0. The molecule has 21 heavy (non-hydrogen) atoms. The molecule has 1 aromatic carbocycles. The van der Waals surface area contributed by atoms with Crippen LogP contribution in [0, 0.1) is 12.9 Å². The molecule has 0 amide bonds. The van der Waals surface area contributed by atoms with Crippen molar-refractivity contribution in [3.05, 3.63) is 73.2 Å². The van der Waals surface area contributed by atoms with Gasteiger partial charge in [0.2, 0.25) is 11.7 Å². The number of fused-ring (bicyclic) bond motifs is 1. The monoisotopic (exact) mass is 349 g/mol. The molecule has 0 aliphatic carbocycles. The maximum Gasteiger partial charge on any atom is 0.274 e. The molecule has 106 valence electrons. The van der Waals surface area contributed by atoms with Crippen molar-refractivity contribution in [2.24, 2.45) is 0 Å². The lowest BCUT2D eigenvalue weighted by Crippen LogP contribution is -2.25. The zero-order chi connectivity index (χ0) is 15.1. The molecule has 0 aliphatic heterocycles. The Labute approximate surface area is 126 Å². The molecule has 3 aromatic rings. The van der Waals surface area contributed by atoms with E-state index in [0.717, 1.165) is 26.6 Å². The summed E-state index contributed by atoms with van der Waals surface area (Å²) in [4.78, 5) is 27.3. The van der Waals surface area contributed by atoms with E-state index in [9.17, 15) is 14.0 Å². The van der Waals surface area contributed by atoms with Crippen LogP contribution in [0.25, 0.3) is 11.5 Å². The van der Waals surface area contributed by atoms with Crippen LogP contribution in [0.1, 0.15) is 5.56 Å². The predicted octanol–water partition coefficient (Wildman–Crippen LogP) is 2.06. The van der Waals surface area contributed by atoms with E-state index in [2.05, 4.69) is 20.9 Å². The molecular formula is C14H9BrFN3O2. The molecule has 0 bridgehead atoms. The fraction of sp³-hybridized carbons (Fsp3) is 0.0714. The Morgan fingerprint density at radius 1 is 1.19 bits per heavy atom. The van der Waals surface area contributed by atoms with Crippen molar-refractivity contribution < 1.29 is 4.39 Å². The van der Waals surface area contributed by atoms with Crippen molar-refractivity contribution in [2.75, 3.05) is 0 Å². The fourth-order valence-electron chi connectivity index (χ4n) is 2.06. The second-order valence-electron chi connectivity index (χ2n) is 4.51. The smallest absolute Gasteiger partial charge is 0.269 e. The standard InChI is InChI=1S/C14H9BrFN3O2/c1-8-6-9(2-3-10(8)15)19-13(21)7-11(16)18-5-4-12(20)17-14(18)19/h2-7H,1H3. The summed E-state index contributed by atoms with van der Waals surface area (Å²) in [6.07, 6.45) is 1.25. The van der Waals surface area contributed by atoms with Crippen LogP contribution in [0.3, 0.4) is 0 Å². The molecule has 0 spiro atoms. The number of hydrogen-bond donors (Lipinski definition) is 0. The van der Waals surface area contributed by atoms with Gasteiger partial charge in [0.05, 0.1) is 11.8 Å². The van der Waals surface area contributed by atoms with Crippen molar-refractivity contribution in [2.45, 2.75) is 6.92 Å². The van der Waals surface area contributed by atoms with Gasteiger partial charge in [-0.15, -0.1) is 0 Å². The highest BCUT2D eigenvalue weighted by Crippen LogP contribution is 2.19. The Hall–Kier alpha value is -2.28. The lowest BCUT2D eigenvalue weighted by atomic mass is 10.2. The van der Waals surface area contributed by atoms with Gasteiger partial charge in [0.1, 0.15) is 0 Å². The number of halogens is 2. The highest BCUT2D eigenvalue weighted by molar-refractivity contribution is 9.10. The summed E-state index contributed by atoms with van der Waals surface area (Å²) in [5, 5.41) is 0. The summed E-state index contributed by atoms with van der Waals surface area (Å²) >= 11 is 3.38. The van der Waals surface area contributed by atoms with Crippen LogP contribution in [0.5, 0.6) is 0 Å². The fourth-order valence-corrected chi connectivity index (χ4v) is 2.31. The van der Waals surface area contributed by atoms with Crippen molar-refractivity contribution in [3.63, 3.8) is 0 Å². The van der Waals surface area contributed by atoms with Gasteiger partial charge < -0.3 is 0 Å². The second-order valence-corrected chi connectivity index (χ2v) is 5.36. The topological polar surface area (TPSA) is 56.4 Å². The largest absolute Gasteiger partial charge is 0.274 e. The third-order valence-electron chi connectivity index (χ3n) is 3.08. The first-order chi connectivity index (χ1) is 9.97. The van der Waals surface area contributed by atoms with E-state index >= 15 is 0 Å². The molecular weight excluding hydrogens is 341 g/mol. The number of aromatic nitrogens is 3. The van der Waals surface area contributed by atoms with Crippen LogP contribution < -0.4 is 11.1 Å². The SMILES string of the molecule is Cc1cc(-n2c(=O)cc(F)n3ccc(=O)nc23)ccc1Br. The molecule has 2 heterocycles. The number of benzene rings is 1. The van der Waals surface area contributed by atoms with E-state index in [0.29, 0.717) is 5.69 Å². The van der Waals surface area contributed by atoms with Crippen LogP contribution in [0.2, 0.25) is 0 Å². The third kappa shape index (κ3) is 2.29. The highest BCUT2D eigenvalue weighted by Gasteiger charge is 2.11. The van der Waals surface area contributed by atoms with Gasteiger partial charge in [0.25, 0.3) is 11.1 Å². The van der Waals surface area contributed by atoms with Gasteiger partial charge in [0, 0.05) is 16.7 Å². The quantitative estimate of drug-likeness (QED) is 0.632. The lowest BCUT2D eigenvalue weighted by Gasteiger charge is -2.11. The van der Waals surface area contributed by atoms with Crippen LogP contribution in [0.15, 0.2) is 50.6 Å². The number of rotatable bonds is 1. The molecule has 7 heteroatoms. The molecule has 0 saturated carbocycles. The minimum atomic E-state index is -0.771. The zero-order valence-electron chi connectivity index (χ0n) is 10.9. The Bertz CT molecular complexity index is 978. The van der Waals surface area contributed by atoms with E-state index in [1.165, 1.54) is 10.8 Å². The first-order valence-electron chi connectivity index (χ1n) is 6.05. The number of hydrogen-bond acceptors (Lipinski definition) is 3. The van der Waals surface area contributed by atoms with Crippen molar-refractivity contribution in [1.82, 2.24) is 14.0 Å². The molecule has 2 aromatic heterocycles. The first kappa shape index (κ1) is 13.7. The minimum Gasteiger partial charge on any atom is -0.269 e. The Balaban J connectivity index is 2.46. The van der Waals surface area contributed by atoms with Gasteiger partial charge in [-0.2, -0.15) is 9.37 Å². The van der Waals surface area contributed by atoms with Gasteiger partial charge in [-0.05, 0) is 30.7 Å². The summed E-state index contributed by atoms with van der Waals surface area (Å²) in [6, 6.07) is 7.21. The van der Waals surface area contributed by atoms with E-state index in [-0.39, 0.29) is 5.78 Å². The number of aryl methyl sites for hydroxylation is 1. The predicted molar refractivity (Wildman–Crippen MR) is 79.5 cm³/mol. The number of nitrogens with zero attached hydrogens (tertiary/aromatic N) is 3. The average Bonchev–Trinajstić information content (AvgIpc) is 2.42. The molecule has 5 nitrogen and oxygen atoms in total. The summed E-state index contributed by atoms with van der Waals surface area (Å²) in [5.41, 5.74) is 0.284. The first-order valence-corrected chi connectivity index (χ1v) is 6.84. The Morgan fingerprint density at radius 2 is 1.95 bits per heavy atom. The maximum atomic E-state index is 13.8. The van der Waals surface area contributed by atoms with Gasteiger partial charge >= 0.3 is 0 Å². The molecule has 0 fully saturated rings. The molecule has 0 saturated heterocycles. The summed E-state index contributed by atoms with van der Waals surface area (Å²) in [6.45, 7) is 1.87. The van der Waals surface area contributed by atoms with Crippen molar-refractivity contribution in [1.29, 1.82) is 0 Å². The Morgan fingerprint density at radius 3 is 2.67 bits per heavy atom. The lowest BCUT2D eigenvalue weighted by molar-refractivity contribution is 0.553. The van der Waals surface area contributed by atoms with Crippen molar-refractivity contribution in [3.8, 4) is 5.69 Å². The van der Waals surface area contributed by atoms with Crippen LogP contribution in [0.4, 0.5) is 4.39 Å². The van der Waals surface area contributed by atoms with E-state index in [1.807, 2.05) is 6.92 Å². The third-order valence-corrected chi connectivity index (χ3v) is 3.97. The summed E-state index contributed by atoms with van der Waals surface area (Å²) in [5.74, 6) is -0.832. The van der Waals surface area contributed by atoms with Crippen LogP contribution >= 0.6 is 15.9 Å². The van der Waals surface area contributed by atoms with Crippen molar-refractivity contribution >= 4 is 21.7 Å². The molecule has 3 rings (SSSR count). The molecule has 0 atom stereocenters. The second kappa shape index (κ2) is 4.92. The molecule has 0 aliphatic rings.